The third-order valence-corrected chi connectivity index (χ3v) is 8.02. The first-order chi connectivity index (χ1) is 17.1. The van der Waals surface area contributed by atoms with Crippen LogP contribution in [-0.2, 0) is 20.7 Å². The van der Waals surface area contributed by atoms with E-state index in [9.17, 15) is 9.59 Å². The van der Waals surface area contributed by atoms with Crippen molar-refractivity contribution in [1.82, 2.24) is 9.80 Å². The topological polar surface area (TPSA) is 49.9 Å². The number of benzene rings is 2. The summed E-state index contributed by atoms with van der Waals surface area (Å²) >= 11 is 0. The number of methoxy groups -OCH3 is 1. The van der Waals surface area contributed by atoms with Crippen LogP contribution in [0.2, 0.25) is 0 Å². The van der Waals surface area contributed by atoms with Crippen LogP contribution < -0.4 is 0 Å². The number of amides is 1. The Hall–Kier alpha value is -2.66. The molecule has 1 unspecified atom stereocenters. The lowest BCUT2D eigenvalue weighted by atomic mass is 9.76. The average molecular weight is 477 g/mol. The quantitative estimate of drug-likeness (QED) is 0.475. The number of carbonyl (C=O) groups excluding carboxylic acids is 2. The summed E-state index contributed by atoms with van der Waals surface area (Å²) in [7, 11) is 3.55. The Kier molecular flexibility index (Phi) is 8.97. The Bertz CT molecular complexity index is 943. The van der Waals surface area contributed by atoms with Gasteiger partial charge in [-0.15, -0.1) is 0 Å². The number of likely N-dealkylation sites (N-methyl/N-ethyl adjacent to an activating group) is 1. The van der Waals surface area contributed by atoms with E-state index in [2.05, 4.69) is 48.3 Å². The Morgan fingerprint density at radius 3 is 2.31 bits per heavy atom. The molecule has 1 saturated heterocycles. The van der Waals surface area contributed by atoms with E-state index in [0.29, 0.717) is 18.9 Å². The highest BCUT2D eigenvalue weighted by Crippen LogP contribution is 2.39. The van der Waals surface area contributed by atoms with E-state index in [0.717, 1.165) is 37.8 Å². The highest BCUT2D eigenvalue weighted by molar-refractivity contribution is 5.89. The number of carbonyl (C=O) groups is 2. The summed E-state index contributed by atoms with van der Waals surface area (Å²) in [6.07, 6.45) is 8.45. The van der Waals surface area contributed by atoms with E-state index in [1.807, 2.05) is 29.2 Å². The monoisotopic (exact) mass is 476 g/mol. The predicted octanol–water partition coefficient (Wildman–Crippen LogP) is 5.06. The van der Waals surface area contributed by atoms with Crippen molar-refractivity contribution in [2.45, 2.75) is 69.4 Å². The summed E-state index contributed by atoms with van der Waals surface area (Å²) in [5.41, 5.74) is 2.42. The summed E-state index contributed by atoms with van der Waals surface area (Å²) < 4.78 is 5.16. The maximum Gasteiger partial charge on any atom is 0.328 e. The van der Waals surface area contributed by atoms with Crippen molar-refractivity contribution in [2.75, 3.05) is 27.2 Å². The second-order valence-electron chi connectivity index (χ2n) is 10.3. The minimum atomic E-state index is -0.510. The van der Waals surface area contributed by atoms with Crippen molar-refractivity contribution >= 4 is 11.9 Å². The standard InChI is InChI=1S/C30H40N2O3/c1-31(20-12-15-23-13-6-3-7-14-23)26-21-27(30(34)35-2)32(22-26)29(33)28(24-16-8-4-9-17-24)25-18-10-5-11-19-25/h3-4,6-9,13-14,16-17,25-28H,5,10-12,15,18-22H2,1-2H3/t26-,27-,28?/m0/s1. The van der Waals surface area contributed by atoms with Gasteiger partial charge in [0.05, 0.1) is 13.0 Å². The molecule has 2 aromatic carbocycles. The fraction of sp³-hybridized carbons (Fsp3) is 0.533. The van der Waals surface area contributed by atoms with E-state index < -0.39 is 6.04 Å². The summed E-state index contributed by atoms with van der Waals surface area (Å²) in [6.45, 7) is 1.51. The zero-order valence-corrected chi connectivity index (χ0v) is 21.3. The fourth-order valence-corrected chi connectivity index (χ4v) is 6.02. The molecular formula is C30H40N2O3. The molecule has 2 fully saturated rings. The van der Waals surface area contributed by atoms with E-state index in [1.165, 1.54) is 31.9 Å². The first-order valence-corrected chi connectivity index (χ1v) is 13.3. The van der Waals surface area contributed by atoms with Gasteiger partial charge < -0.3 is 14.5 Å². The third kappa shape index (κ3) is 6.32. The number of ether oxygens (including phenoxy) is 1. The molecule has 5 heteroatoms. The van der Waals surface area contributed by atoms with Crippen molar-refractivity contribution in [3.8, 4) is 0 Å². The Labute approximate surface area is 210 Å². The average Bonchev–Trinajstić information content (AvgIpc) is 3.36. The van der Waals surface area contributed by atoms with Crippen LogP contribution in [0, 0.1) is 5.92 Å². The molecule has 1 saturated carbocycles. The number of hydrogen-bond donors (Lipinski definition) is 0. The molecule has 0 spiro atoms. The van der Waals surface area contributed by atoms with Crippen molar-refractivity contribution < 1.29 is 14.3 Å². The first-order valence-electron chi connectivity index (χ1n) is 13.3. The number of likely N-dealkylation sites (tertiary alicyclic amines) is 1. The molecule has 3 atom stereocenters. The zero-order chi connectivity index (χ0) is 24.6. The lowest BCUT2D eigenvalue weighted by Crippen LogP contribution is -2.45. The smallest absolute Gasteiger partial charge is 0.328 e. The van der Waals surface area contributed by atoms with Crippen LogP contribution in [0.4, 0.5) is 0 Å². The molecule has 35 heavy (non-hydrogen) atoms. The summed E-state index contributed by atoms with van der Waals surface area (Å²) in [5, 5.41) is 0. The molecule has 0 radical (unpaired) electrons. The fourth-order valence-electron chi connectivity index (χ4n) is 6.02. The summed E-state index contributed by atoms with van der Waals surface area (Å²) in [5.74, 6) is -0.0573. The molecule has 2 aliphatic rings. The number of hydrogen-bond acceptors (Lipinski definition) is 4. The van der Waals surface area contributed by atoms with Gasteiger partial charge in [-0.1, -0.05) is 79.9 Å². The van der Waals surface area contributed by atoms with Gasteiger partial charge in [0.2, 0.25) is 5.91 Å². The molecule has 2 aromatic rings. The Morgan fingerprint density at radius 1 is 1.00 bits per heavy atom. The van der Waals surface area contributed by atoms with Gasteiger partial charge in [0.25, 0.3) is 0 Å². The summed E-state index contributed by atoms with van der Waals surface area (Å²) in [4.78, 5) is 31.1. The molecule has 1 aliphatic heterocycles. The molecule has 0 N–H and O–H groups in total. The zero-order valence-electron chi connectivity index (χ0n) is 21.3. The third-order valence-electron chi connectivity index (χ3n) is 8.02. The van der Waals surface area contributed by atoms with E-state index in [1.54, 1.807) is 0 Å². The van der Waals surface area contributed by atoms with Crippen LogP contribution in [-0.4, -0.2) is 61.0 Å². The first kappa shape index (κ1) is 25.4. The van der Waals surface area contributed by atoms with Gasteiger partial charge in [0.15, 0.2) is 0 Å². The largest absolute Gasteiger partial charge is 0.467 e. The Balaban J connectivity index is 1.48. The van der Waals surface area contributed by atoms with Crippen LogP contribution in [0.5, 0.6) is 0 Å². The van der Waals surface area contributed by atoms with E-state index in [4.69, 9.17) is 4.74 Å². The second kappa shape index (κ2) is 12.3. The van der Waals surface area contributed by atoms with Gasteiger partial charge in [-0.2, -0.15) is 0 Å². The van der Waals surface area contributed by atoms with Crippen molar-refractivity contribution in [2.24, 2.45) is 5.92 Å². The lowest BCUT2D eigenvalue weighted by Gasteiger charge is -2.34. The van der Waals surface area contributed by atoms with Crippen LogP contribution in [0.1, 0.15) is 62.0 Å². The molecule has 5 nitrogen and oxygen atoms in total. The minimum Gasteiger partial charge on any atom is -0.467 e. The molecular weight excluding hydrogens is 436 g/mol. The van der Waals surface area contributed by atoms with Crippen LogP contribution in [0.15, 0.2) is 60.7 Å². The molecule has 0 bridgehead atoms. The molecule has 1 heterocycles. The number of esters is 1. The van der Waals surface area contributed by atoms with Gasteiger partial charge >= 0.3 is 5.97 Å². The van der Waals surface area contributed by atoms with Crippen LogP contribution in [0.25, 0.3) is 0 Å². The summed E-state index contributed by atoms with van der Waals surface area (Å²) in [6, 6.07) is 20.4. The number of aryl methyl sites for hydroxylation is 1. The highest BCUT2D eigenvalue weighted by atomic mass is 16.5. The van der Waals surface area contributed by atoms with Crippen molar-refractivity contribution in [3.63, 3.8) is 0 Å². The minimum absolute atomic E-state index is 0.0960. The number of nitrogens with zero attached hydrogens (tertiary/aromatic N) is 2. The highest BCUT2D eigenvalue weighted by Gasteiger charge is 2.45. The predicted molar refractivity (Wildman–Crippen MR) is 139 cm³/mol. The van der Waals surface area contributed by atoms with Gasteiger partial charge in [0, 0.05) is 12.6 Å². The SMILES string of the molecule is COC(=O)[C@@H]1C[C@H](N(C)CCCc2ccccc2)CN1C(=O)C(c1ccccc1)C1CCCCC1. The maximum atomic E-state index is 14.1. The van der Waals surface area contributed by atoms with Gasteiger partial charge in [-0.25, -0.2) is 4.79 Å². The lowest BCUT2D eigenvalue weighted by molar-refractivity contribution is -0.152. The van der Waals surface area contributed by atoms with E-state index >= 15 is 0 Å². The van der Waals surface area contributed by atoms with E-state index in [-0.39, 0.29) is 23.8 Å². The Morgan fingerprint density at radius 2 is 1.66 bits per heavy atom. The molecule has 4 rings (SSSR count). The van der Waals surface area contributed by atoms with Crippen LogP contribution in [0.3, 0.4) is 0 Å². The normalized spacial score (nSPS) is 21.7. The second-order valence-corrected chi connectivity index (χ2v) is 10.3. The molecule has 188 valence electrons. The number of rotatable bonds is 9. The van der Waals surface area contributed by atoms with Crippen LogP contribution >= 0.6 is 0 Å². The maximum absolute atomic E-state index is 14.1. The molecule has 0 aromatic heterocycles. The van der Waals surface area contributed by atoms with Gasteiger partial charge in [-0.05, 0) is 62.7 Å². The van der Waals surface area contributed by atoms with Gasteiger partial charge in [-0.3, -0.25) is 4.79 Å². The van der Waals surface area contributed by atoms with Crippen molar-refractivity contribution in [3.05, 3.63) is 71.8 Å². The molecule has 1 aliphatic carbocycles. The van der Waals surface area contributed by atoms with Crippen molar-refractivity contribution in [1.29, 1.82) is 0 Å². The van der Waals surface area contributed by atoms with Gasteiger partial charge in [0.1, 0.15) is 6.04 Å². The molecule has 1 amide bonds.